The SMILES string of the molecule is O=S(=O)([O-])[O-].O=S(=O)([O-])[O-].O=S(=O)([O-])[O-].[Rh+3].[Rh+3].c1ccc(-c2ccccn2)nc1. The average molecular weight is 650 g/mol. The van der Waals surface area contributed by atoms with Crippen LogP contribution in [0, 0.1) is 0 Å². The number of hydrogen-bond donors (Lipinski definition) is 0. The van der Waals surface area contributed by atoms with Crippen LogP contribution >= 0.6 is 0 Å². The molecule has 2 aromatic rings. The third-order valence-corrected chi connectivity index (χ3v) is 1.59. The summed E-state index contributed by atoms with van der Waals surface area (Å²) in [4.78, 5) is 8.37. The maximum absolute atomic E-state index is 8.52. The number of rotatable bonds is 1. The van der Waals surface area contributed by atoms with Crippen molar-refractivity contribution in [2.45, 2.75) is 0 Å². The van der Waals surface area contributed by atoms with Crippen LogP contribution in [0.3, 0.4) is 0 Å². The fourth-order valence-corrected chi connectivity index (χ4v) is 1.03. The van der Waals surface area contributed by atoms with Crippen LogP contribution in [-0.2, 0) is 70.2 Å². The zero-order valence-electron chi connectivity index (χ0n) is 13.3. The number of nitrogens with zero attached hydrogens (tertiary/aromatic N) is 2. The standard InChI is InChI=1S/C10H8N2.3H2O4S.2Rh/c1-3-7-11-9(5-1)10-6-2-4-8-12-10;3*1-5(2,3)4;;/h1-8H;3*(H2,1,2,3,4);;/q;;;;2*+3/p-6. The van der Waals surface area contributed by atoms with Crippen LogP contribution in [0.25, 0.3) is 11.4 Å². The van der Waals surface area contributed by atoms with E-state index in [1.807, 2.05) is 36.4 Å². The minimum Gasteiger partial charge on any atom is -0.759 e. The van der Waals surface area contributed by atoms with E-state index in [1.54, 1.807) is 12.4 Å². The molecule has 2 aromatic heterocycles. The van der Waals surface area contributed by atoms with Gasteiger partial charge in [-0.1, -0.05) is 12.1 Å². The third kappa shape index (κ3) is 46.8. The van der Waals surface area contributed by atoms with Gasteiger partial charge in [0.05, 0.1) is 11.4 Å². The third-order valence-electron chi connectivity index (χ3n) is 1.59. The fraction of sp³-hybridized carbons (Fsp3) is 0. The first-order valence-electron chi connectivity index (χ1n) is 5.79. The van der Waals surface area contributed by atoms with Gasteiger partial charge in [-0.05, 0) is 24.3 Å². The van der Waals surface area contributed by atoms with Gasteiger partial charge in [-0.25, -0.2) is 0 Å². The summed E-state index contributed by atoms with van der Waals surface area (Å²) in [6, 6.07) is 11.6. The summed E-state index contributed by atoms with van der Waals surface area (Å²) in [6.07, 6.45) is 3.54. The molecule has 0 spiro atoms. The van der Waals surface area contributed by atoms with Crippen LogP contribution < -0.4 is 0 Å². The van der Waals surface area contributed by atoms with Crippen LogP contribution in [0.2, 0.25) is 0 Å². The summed E-state index contributed by atoms with van der Waals surface area (Å²) >= 11 is 0. The molecule has 29 heavy (non-hydrogen) atoms. The van der Waals surface area contributed by atoms with Gasteiger partial charge >= 0.3 is 39.0 Å². The maximum atomic E-state index is 8.52. The van der Waals surface area contributed by atoms with E-state index >= 15 is 0 Å². The van der Waals surface area contributed by atoms with Crippen LogP contribution in [-0.4, -0.2) is 62.5 Å². The summed E-state index contributed by atoms with van der Waals surface area (Å²) in [6.45, 7) is 0. The van der Waals surface area contributed by atoms with E-state index in [2.05, 4.69) is 9.97 Å². The van der Waals surface area contributed by atoms with Gasteiger partial charge < -0.3 is 27.3 Å². The van der Waals surface area contributed by atoms with Crippen molar-refractivity contribution < 1.29 is 91.5 Å². The number of pyridine rings is 2. The molecule has 0 amide bonds. The number of aromatic nitrogens is 2. The summed E-state index contributed by atoms with van der Waals surface area (Å²) < 4.78 is 102. The Hall–Kier alpha value is -0.843. The second-order valence-electron chi connectivity index (χ2n) is 3.65. The van der Waals surface area contributed by atoms with E-state index in [-0.39, 0.29) is 39.0 Å². The molecular formula is C10H8N2O12Rh2S3. The van der Waals surface area contributed by atoms with Crippen LogP contribution in [0.5, 0.6) is 0 Å². The molecule has 0 aliphatic carbocycles. The molecule has 0 aliphatic heterocycles. The molecule has 14 nitrogen and oxygen atoms in total. The van der Waals surface area contributed by atoms with Gasteiger partial charge in [0.1, 0.15) is 0 Å². The van der Waals surface area contributed by atoms with Crippen molar-refractivity contribution in [1.29, 1.82) is 0 Å². The summed E-state index contributed by atoms with van der Waals surface area (Å²) in [7, 11) is -15.5. The van der Waals surface area contributed by atoms with Crippen LogP contribution in [0.1, 0.15) is 0 Å². The maximum Gasteiger partial charge on any atom is 3.00 e. The number of hydrogen-bond acceptors (Lipinski definition) is 14. The van der Waals surface area contributed by atoms with Gasteiger partial charge in [-0.3, -0.25) is 35.2 Å². The van der Waals surface area contributed by atoms with Crippen molar-refractivity contribution in [3.63, 3.8) is 0 Å². The molecule has 0 saturated carbocycles. The van der Waals surface area contributed by atoms with Crippen molar-refractivity contribution in [3.8, 4) is 11.4 Å². The first kappa shape index (κ1) is 35.6. The Morgan fingerprint density at radius 2 is 0.724 bits per heavy atom. The quantitative estimate of drug-likeness (QED) is 0.186. The molecule has 0 N–H and O–H groups in total. The van der Waals surface area contributed by atoms with E-state index in [0.717, 1.165) is 11.4 Å². The van der Waals surface area contributed by atoms with Crippen molar-refractivity contribution in [3.05, 3.63) is 48.8 Å². The van der Waals surface area contributed by atoms with Crippen LogP contribution in [0.15, 0.2) is 48.8 Å². The zero-order valence-corrected chi connectivity index (χ0v) is 19.0. The molecule has 0 radical (unpaired) electrons. The normalized spacial score (nSPS) is 10.0. The van der Waals surface area contributed by atoms with Crippen LogP contribution in [0.4, 0.5) is 0 Å². The molecule has 0 bridgehead atoms. The molecule has 2 rings (SSSR count). The predicted octanol–water partition coefficient (Wildman–Crippen LogP) is -1.88. The van der Waals surface area contributed by atoms with Gasteiger partial charge in [0, 0.05) is 43.6 Å². The summed E-state index contributed by atoms with van der Waals surface area (Å²) in [5, 5.41) is 0. The Morgan fingerprint density at radius 3 is 0.862 bits per heavy atom. The van der Waals surface area contributed by atoms with E-state index in [0.29, 0.717) is 0 Å². The average Bonchev–Trinajstić information content (AvgIpc) is 2.44. The van der Waals surface area contributed by atoms with E-state index in [9.17, 15) is 0 Å². The Morgan fingerprint density at radius 1 is 0.517 bits per heavy atom. The molecule has 0 unspecified atom stereocenters. The summed E-state index contributed by atoms with van der Waals surface area (Å²) in [5.74, 6) is 0. The minimum absolute atomic E-state index is 0. The van der Waals surface area contributed by atoms with Gasteiger partial charge in [0.15, 0.2) is 0 Å². The van der Waals surface area contributed by atoms with Gasteiger partial charge in [-0.2, -0.15) is 0 Å². The van der Waals surface area contributed by atoms with Crippen molar-refractivity contribution in [1.82, 2.24) is 9.97 Å². The van der Waals surface area contributed by atoms with Crippen molar-refractivity contribution in [2.24, 2.45) is 0 Å². The predicted molar refractivity (Wildman–Crippen MR) is 78.9 cm³/mol. The van der Waals surface area contributed by atoms with Gasteiger partial charge in [-0.15, -0.1) is 0 Å². The monoisotopic (exact) mass is 650 g/mol. The Balaban J connectivity index is -0.000000158. The van der Waals surface area contributed by atoms with Gasteiger partial charge in [0.2, 0.25) is 0 Å². The topological polar surface area (TPSA) is 267 Å². The summed E-state index contributed by atoms with van der Waals surface area (Å²) in [5.41, 5.74) is 1.83. The van der Waals surface area contributed by atoms with E-state index in [4.69, 9.17) is 52.6 Å². The molecule has 2 heterocycles. The molecule has 0 aromatic carbocycles. The molecule has 0 atom stereocenters. The van der Waals surface area contributed by atoms with Crippen molar-refractivity contribution >= 4 is 31.2 Å². The largest absolute Gasteiger partial charge is 3.00 e. The van der Waals surface area contributed by atoms with Gasteiger partial charge in [0.25, 0.3) is 0 Å². The zero-order chi connectivity index (χ0) is 21.7. The molecule has 0 saturated heterocycles. The smallest absolute Gasteiger partial charge is 0.759 e. The van der Waals surface area contributed by atoms with E-state index < -0.39 is 31.2 Å². The first-order chi connectivity index (χ1) is 12.0. The Kier molecular flexibility index (Phi) is 20.7. The second-order valence-corrected chi connectivity index (χ2v) is 6.10. The Bertz CT molecular complexity index is 838. The molecule has 0 fully saturated rings. The molecule has 19 heteroatoms. The second kappa shape index (κ2) is 16.9. The van der Waals surface area contributed by atoms with Crippen molar-refractivity contribution in [2.75, 3.05) is 0 Å². The Labute approximate surface area is 192 Å². The molecule has 0 aliphatic rings. The molecular weight excluding hydrogens is 642 g/mol. The fourth-order valence-electron chi connectivity index (χ4n) is 1.03. The minimum atomic E-state index is -5.17. The first-order valence-corrected chi connectivity index (χ1v) is 9.79. The molecule has 166 valence electrons. The van der Waals surface area contributed by atoms with E-state index in [1.165, 1.54) is 0 Å².